The molecule has 0 amide bonds. The number of hydrogen-bond donors (Lipinski definition) is 0. The maximum absolute atomic E-state index is 5.56. The molecule has 23 heavy (non-hydrogen) atoms. The van der Waals surface area contributed by atoms with Gasteiger partial charge in [-0.05, 0) is 37.8 Å². The van der Waals surface area contributed by atoms with E-state index in [9.17, 15) is 0 Å². The molecule has 0 rings (SSSR count). The van der Waals surface area contributed by atoms with E-state index in [1.807, 2.05) is 12.2 Å². The van der Waals surface area contributed by atoms with Gasteiger partial charge in [-0.15, -0.1) is 17.3 Å². The predicted molar refractivity (Wildman–Crippen MR) is 104 cm³/mol. The van der Waals surface area contributed by atoms with Crippen LogP contribution < -0.4 is 0 Å². The van der Waals surface area contributed by atoms with Crippen molar-refractivity contribution in [2.45, 2.75) is 84.0 Å². The highest BCUT2D eigenvalue weighted by molar-refractivity contribution is 6.17. The number of unbranched alkanes of at least 4 members (excludes halogenated alkanes) is 9. The van der Waals surface area contributed by atoms with Gasteiger partial charge in [0.05, 0.1) is 13.2 Å². The second kappa shape index (κ2) is 21.5. The summed E-state index contributed by atoms with van der Waals surface area (Å²) in [5.74, 6) is 0.658. The molecule has 0 aromatic rings. The molecule has 0 N–H and O–H groups in total. The van der Waals surface area contributed by atoms with Crippen molar-refractivity contribution in [3.8, 4) is 0 Å². The van der Waals surface area contributed by atoms with Gasteiger partial charge in [-0.1, -0.05) is 70.4 Å². The average molecular weight is 341 g/mol. The van der Waals surface area contributed by atoms with E-state index < -0.39 is 0 Å². The molecule has 0 aliphatic rings. The molecule has 0 bridgehead atoms. The Bertz CT molecular complexity index is 303. The number of alkyl halides is 1. The molecule has 0 aromatic heterocycles. The van der Waals surface area contributed by atoms with Crippen LogP contribution in [-0.4, -0.2) is 19.1 Å². The van der Waals surface area contributed by atoms with Gasteiger partial charge in [0.15, 0.2) is 0 Å². The minimum absolute atomic E-state index is 0.644. The van der Waals surface area contributed by atoms with Crippen molar-refractivity contribution in [2.75, 3.05) is 19.1 Å². The van der Waals surface area contributed by atoms with Gasteiger partial charge in [-0.2, -0.15) is 0 Å². The highest BCUT2D eigenvalue weighted by Gasteiger charge is 1.91. The molecule has 0 radical (unpaired) electrons. The zero-order chi connectivity index (χ0) is 16.8. The van der Waals surface area contributed by atoms with Crippen LogP contribution in [0.3, 0.4) is 0 Å². The third-order valence-electron chi connectivity index (χ3n) is 3.76. The van der Waals surface area contributed by atoms with E-state index in [0.29, 0.717) is 12.5 Å². The monoisotopic (exact) mass is 340 g/mol. The quantitative estimate of drug-likeness (QED) is 0.118. The lowest BCUT2D eigenvalue weighted by Gasteiger charge is -2.00. The first-order chi connectivity index (χ1) is 11.4. The van der Waals surface area contributed by atoms with Crippen LogP contribution in [0, 0.1) is 0 Å². The highest BCUT2D eigenvalue weighted by atomic mass is 35.5. The molecule has 134 valence electrons. The first-order valence-corrected chi connectivity index (χ1v) is 10.1. The summed E-state index contributed by atoms with van der Waals surface area (Å²) in [4.78, 5) is 0. The highest BCUT2D eigenvalue weighted by Crippen LogP contribution is 2.10. The predicted octanol–water partition coefficient (Wildman–Crippen LogP) is 7.21. The van der Waals surface area contributed by atoms with Crippen molar-refractivity contribution >= 4 is 11.6 Å². The summed E-state index contributed by atoms with van der Waals surface area (Å²) in [5, 5.41) is 0. The van der Waals surface area contributed by atoms with Crippen LogP contribution in [-0.2, 0) is 4.74 Å². The zero-order valence-corrected chi connectivity index (χ0v) is 16.0. The molecular formula is C21H37ClO. The Morgan fingerprint density at radius 1 is 0.783 bits per heavy atom. The Morgan fingerprint density at radius 3 is 2.13 bits per heavy atom. The Labute approximate surface area is 149 Å². The van der Waals surface area contributed by atoms with E-state index in [2.05, 4.69) is 24.8 Å². The number of ether oxygens (including phenoxy) is 1. The molecule has 0 heterocycles. The van der Waals surface area contributed by atoms with Gasteiger partial charge in [0, 0.05) is 5.88 Å². The summed E-state index contributed by atoms with van der Waals surface area (Å²) in [5.41, 5.74) is 3.06. The van der Waals surface area contributed by atoms with Gasteiger partial charge in [0.25, 0.3) is 0 Å². The first kappa shape index (κ1) is 22.5. The fraction of sp³-hybridized carbons (Fsp3) is 0.762. The number of allylic oxidation sites excluding steroid dienone is 1. The molecule has 1 nitrogen and oxygen atoms in total. The van der Waals surface area contributed by atoms with Gasteiger partial charge >= 0.3 is 0 Å². The first-order valence-electron chi connectivity index (χ1n) is 9.60. The molecule has 2 heteroatoms. The van der Waals surface area contributed by atoms with E-state index in [0.717, 1.165) is 19.4 Å². The van der Waals surface area contributed by atoms with Crippen LogP contribution in [0.4, 0.5) is 0 Å². The SMILES string of the molecule is CCCCCCCCCCCC=CCCOCC=C=CCCCl. The van der Waals surface area contributed by atoms with E-state index in [4.69, 9.17) is 16.3 Å². The average Bonchev–Trinajstić information content (AvgIpc) is 2.57. The largest absolute Gasteiger partial charge is 0.376 e. The standard InChI is InChI=1S/C21H37ClO/c1-2-3-4-5-6-7-8-9-10-11-12-14-17-20-23-21-18-15-13-16-19-22/h12-14,18H,2-11,16-17,19-21H2,1H3. The third kappa shape index (κ3) is 21.5. The second-order valence-corrected chi connectivity index (χ2v) is 6.38. The summed E-state index contributed by atoms with van der Waals surface area (Å²) < 4.78 is 5.49. The van der Waals surface area contributed by atoms with Crippen LogP contribution in [0.25, 0.3) is 0 Å². The third-order valence-corrected chi connectivity index (χ3v) is 3.98. The molecule has 0 atom stereocenters. The van der Waals surface area contributed by atoms with Crippen molar-refractivity contribution in [1.82, 2.24) is 0 Å². The summed E-state index contributed by atoms with van der Waals surface area (Å²) in [6.45, 7) is 3.71. The summed E-state index contributed by atoms with van der Waals surface area (Å²) in [7, 11) is 0. The van der Waals surface area contributed by atoms with Gasteiger partial charge < -0.3 is 4.74 Å². The molecule has 0 saturated heterocycles. The molecule has 0 aromatic carbocycles. The molecular weight excluding hydrogens is 304 g/mol. The maximum atomic E-state index is 5.56. The molecule has 0 aliphatic heterocycles. The molecule has 0 saturated carbocycles. The number of hydrogen-bond acceptors (Lipinski definition) is 1. The lowest BCUT2D eigenvalue weighted by atomic mass is 10.1. The lowest BCUT2D eigenvalue weighted by molar-refractivity contribution is 0.167. The van der Waals surface area contributed by atoms with Crippen LogP contribution in [0.15, 0.2) is 30.0 Å². The minimum atomic E-state index is 0.644. The van der Waals surface area contributed by atoms with Crippen molar-refractivity contribution in [3.63, 3.8) is 0 Å². The Morgan fingerprint density at radius 2 is 1.43 bits per heavy atom. The lowest BCUT2D eigenvalue weighted by Crippen LogP contribution is -1.91. The van der Waals surface area contributed by atoms with Crippen molar-refractivity contribution in [1.29, 1.82) is 0 Å². The second-order valence-electron chi connectivity index (χ2n) is 6.00. The van der Waals surface area contributed by atoms with E-state index in [-0.39, 0.29) is 0 Å². The zero-order valence-electron chi connectivity index (χ0n) is 15.2. The van der Waals surface area contributed by atoms with Crippen LogP contribution in [0.2, 0.25) is 0 Å². The van der Waals surface area contributed by atoms with Gasteiger partial charge in [0.1, 0.15) is 0 Å². The molecule has 0 unspecified atom stereocenters. The fourth-order valence-electron chi connectivity index (χ4n) is 2.37. The smallest absolute Gasteiger partial charge is 0.0721 e. The van der Waals surface area contributed by atoms with Gasteiger partial charge in [0.2, 0.25) is 0 Å². The van der Waals surface area contributed by atoms with Crippen LogP contribution in [0.5, 0.6) is 0 Å². The summed E-state index contributed by atoms with van der Waals surface area (Å²) >= 11 is 5.56. The van der Waals surface area contributed by atoms with Crippen LogP contribution >= 0.6 is 11.6 Å². The van der Waals surface area contributed by atoms with Crippen molar-refractivity contribution < 1.29 is 4.74 Å². The molecule has 0 spiro atoms. The van der Waals surface area contributed by atoms with Gasteiger partial charge in [-0.3, -0.25) is 0 Å². The van der Waals surface area contributed by atoms with E-state index in [1.54, 1.807) is 0 Å². The normalized spacial score (nSPS) is 10.9. The van der Waals surface area contributed by atoms with Gasteiger partial charge in [-0.25, -0.2) is 0 Å². The molecule has 0 aliphatic carbocycles. The number of rotatable bonds is 17. The van der Waals surface area contributed by atoms with Crippen LogP contribution in [0.1, 0.15) is 84.0 Å². The van der Waals surface area contributed by atoms with Crippen molar-refractivity contribution in [3.05, 3.63) is 30.0 Å². The molecule has 0 fully saturated rings. The maximum Gasteiger partial charge on any atom is 0.0721 e. The Balaban J connectivity index is 3.15. The van der Waals surface area contributed by atoms with Crippen molar-refractivity contribution in [2.24, 2.45) is 0 Å². The van der Waals surface area contributed by atoms with E-state index >= 15 is 0 Å². The number of halogens is 1. The van der Waals surface area contributed by atoms with E-state index in [1.165, 1.54) is 64.2 Å². The summed E-state index contributed by atoms with van der Waals surface area (Å²) in [6.07, 6.45) is 24.1. The Hall–Kier alpha value is -0.490. The Kier molecular flexibility index (Phi) is 21.1. The topological polar surface area (TPSA) is 9.23 Å². The minimum Gasteiger partial charge on any atom is -0.376 e. The fourth-order valence-corrected chi connectivity index (χ4v) is 2.48. The summed E-state index contributed by atoms with van der Waals surface area (Å²) in [6, 6.07) is 0.